The Balaban J connectivity index is 0.00000242. The maximum Gasteiger partial charge on any atom is 0.409 e. The van der Waals surface area contributed by atoms with Crippen LogP contribution in [0.3, 0.4) is 0 Å². The molecule has 124 valence electrons. The second-order valence-electron chi connectivity index (χ2n) is 4.89. The van der Waals surface area contributed by atoms with Gasteiger partial charge in [0.2, 0.25) is 0 Å². The Morgan fingerprint density at radius 1 is 1.55 bits per heavy atom. The molecule has 1 fully saturated rings. The van der Waals surface area contributed by atoms with Crippen molar-refractivity contribution in [3.63, 3.8) is 0 Å². The van der Waals surface area contributed by atoms with Crippen molar-refractivity contribution in [1.82, 2.24) is 10.2 Å². The van der Waals surface area contributed by atoms with Crippen molar-refractivity contribution < 1.29 is 13.9 Å². The number of nitrogens with zero attached hydrogens (tertiary/aromatic N) is 2. The molecule has 8 heteroatoms. The smallest absolute Gasteiger partial charge is 0.409 e. The molecule has 1 aliphatic heterocycles. The molecule has 1 saturated heterocycles. The molecule has 2 rings (SSSR count). The van der Waals surface area contributed by atoms with Gasteiger partial charge < -0.3 is 25.1 Å². The molecule has 2 heterocycles. The van der Waals surface area contributed by atoms with Crippen LogP contribution in [0, 0.1) is 0 Å². The SMILES string of the molecule is CCOC(=O)N1CCC(NC(N)=NCc2ccco2)CC1.I. The van der Waals surface area contributed by atoms with Crippen LogP contribution >= 0.6 is 24.0 Å². The van der Waals surface area contributed by atoms with Crippen molar-refractivity contribution in [3.05, 3.63) is 24.2 Å². The molecule has 0 unspecified atom stereocenters. The Kier molecular flexibility index (Phi) is 8.07. The first-order chi connectivity index (χ1) is 10.2. The van der Waals surface area contributed by atoms with Gasteiger partial charge in [0.1, 0.15) is 12.3 Å². The Hall–Kier alpha value is -1.45. The number of guanidine groups is 1. The van der Waals surface area contributed by atoms with Gasteiger partial charge in [-0.3, -0.25) is 0 Å². The van der Waals surface area contributed by atoms with E-state index in [4.69, 9.17) is 14.9 Å². The fourth-order valence-electron chi connectivity index (χ4n) is 2.24. The molecule has 0 aliphatic carbocycles. The standard InChI is InChI=1S/C14H22N4O3.HI/c1-2-20-14(19)18-7-5-11(6-8-18)17-13(15)16-10-12-4-3-9-21-12;/h3-4,9,11H,2,5-8,10H2,1H3,(H3,15,16,17);1H. The number of amides is 1. The van der Waals surface area contributed by atoms with Gasteiger partial charge in [0.05, 0.1) is 12.9 Å². The summed E-state index contributed by atoms with van der Waals surface area (Å²) in [6, 6.07) is 3.91. The van der Waals surface area contributed by atoms with E-state index in [0.29, 0.717) is 32.2 Å². The lowest BCUT2D eigenvalue weighted by molar-refractivity contribution is 0.0963. The van der Waals surface area contributed by atoms with Crippen LogP contribution in [-0.2, 0) is 11.3 Å². The van der Waals surface area contributed by atoms with E-state index in [2.05, 4.69) is 10.3 Å². The normalized spacial score (nSPS) is 16.0. The van der Waals surface area contributed by atoms with Gasteiger partial charge >= 0.3 is 6.09 Å². The largest absolute Gasteiger partial charge is 0.467 e. The van der Waals surface area contributed by atoms with E-state index in [-0.39, 0.29) is 36.1 Å². The van der Waals surface area contributed by atoms with Gasteiger partial charge in [0.25, 0.3) is 0 Å². The Labute approximate surface area is 147 Å². The summed E-state index contributed by atoms with van der Waals surface area (Å²) in [5.74, 6) is 1.18. The predicted octanol–water partition coefficient (Wildman–Crippen LogP) is 1.92. The number of nitrogens with two attached hydrogens (primary N) is 1. The molecule has 0 radical (unpaired) electrons. The number of hydrogen-bond acceptors (Lipinski definition) is 4. The molecule has 1 aliphatic rings. The number of likely N-dealkylation sites (tertiary alicyclic amines) is 1. The number of aliphatic imine (C=N–C) groups is 1. The van der Waals surface area contributed by atoms with Gasteiger partial charge in [-0.25, -0.2) is 9.79 Å². The van der Waals surface area contributed by atoms with Gasteiger partial charge in [0, 0.05) is 19.1 Å². The molecule has 0 atom stereocenters. The number of nitrogens with one attached hydrogen (secondary N) is 1. The molecule has 0 saturated carbocycles. The highest BCUT2D eigenvalue weighted by Gasteiger charge is 2.23. The van der Waals surface area contributed by atoms with E-state index < -0.39 is 0 Å². The maximum atomic E-state index is 11.6. The van der Waals surface area contributed by atoms with E-state index >= 15 is 0 Å². The highest BCUT2D eigenvalue weighted by molar-refractivity contribution is 14.0. The molecule has 1 aromatic heterocycles. The van der Waals surface area contributed by atoms with Crippen LogP contribution in [0.1, 0.15) is 25.5 Å². The van der Waals surface area contributed by atoms with Crippen molar-refractivity contribution in [2.24, 2.45) is 10.7 Å². The fraction of sp³-hybridized carbons (Fsp3) is 0.571. The number of carbonyl (C=O) groups is 1. The van der Waals surface area contributed by atoms with Gasteiger partial charge in [-0.15, -0.1) is 24.0 Å². The van der Waals surface area contributed by atoms with Gasteiger partial charge in [-0.1, -0.05) is 0 Å². The minimum Gasteiger partial charge on any atom is -0.467 e. The summed E-state index contributed by atoms with van der Waals surface area (Å²) < 4.78 is 10.2. The first-order valence-corrected chi connectivity index (χ1v) is 7.19. The lowest BCUT2D eigenvalue weighted by Gasteiger charge is -2.31. The third-order valence-electron chi connectivity index (χ3n) is 3.36. The van der Waals surface area contributed by atoms with Gasteiger partial charge in [-0.05, 0) is 31.9 Å². The number of halogens is 1. The molecular formula is C14H23IN4O3. The van der Waals surface area contributed by atoms with Crippen molar-refractivity contribution in [1.29, 1.82) is 0 Å². The Morgan fingerprint density at radius 2 is 2.27 bits per heavy atom. The summed E-state index contributed by atoms with van der Waals surface area (Å²) in [5, 5.41) is 3.18. The van der Waals surface area contributed by atoms with E-state index in [9.17, 15) is 4.79 Å². The number of carbonyl (C=O) groups excluding carboxylic acids is 1. The zero-order valence-electron chi connectivity index (χ0n) is 12.7. The summed E-state index contributed by atoms with van der Waals surface area (Å²) in [7, 11) is 0. The van der Waals surface area contributed by atoms with Crippen LogP contribution in [0.4, 0.5) is 4.79 Å². The summed E-state index contributed by atoms with van der Waals surface area (Å²) in [6.07, 6.45) is 3.03. The second kappa shape index (κ2) is 9.54. The highest BCUT2D eigenvalue weighted by Crippen LogP contribution is 2.11. The minimum atomic E-state index is -0.240. The molecule has 7 nitrogen and oxygen atoms in total. The monoisotopic (exact) mass is 422 g/mol. The highest BCUT2D eigenvalue weighted by atomic mass is 127. The van der Waals surface area contributed by atoms with E-state index in [1.807, 2.05) is 19.1 Å². The van der Waals surface area contributed by atoms with E-state index in [0.717, 1.165) is 18.6 Å². The average Bonchev–Trinajstić information content (AvgIpc) is 2.99. The maximum absolute atomic E-state index is 11.6. The molecular weight excluding hydrogens is 399 g/mol. The lowest BCUT2D eigenvalue weighted by atomic mass is 10.1. The number of hydrogen-bond donors (Lipinski definition) is 2. The summed E-state index contributed by atoms with van der Waals surface area (Å²) in [6.45, 7) is 3.98. The lowest BCUT2D eigenvalue weighted by Crippen LogP contribution is -2.48. The molecule has 3 N–H and O–H groups in total. The minimum absolute atomic E-state index is 0. The van der Waals surface area contributed by atoms with Crippen LogP contribution in [0.2, 0.25) is 0 Å². The third-order valence-corrected chi connectivity index (χ3v) is 3.36. The zero-order valence-corrected chi connectivity index (χ0v) is 15.0. The molecule has 0 spiro atoms. The van der Waals surface area contributed by atoms with Crippen LogP contribution < -0.4 is 11.1 Å². The summed E-state index contributed by atoms with van der Waals surface area (Å²) in [5.41, 5.74) is 5.86. The number of rotatable bonds is 4. The van der Waals surface area contributed by atoms with Crippen molar-refractivity contribution in [3.8, 4) is 0 Å². The van der Waals surface area contributed by atoms with Crippen molar-refractivity contribution >= 4 is 36.0 Å². The van der Waals surface area contributed by atoms with Gasteiger partial charge in [-0.2, -0.15) is 0 Å². The van der Waals surface area contributed by atoms with E-state index in [1.165, 1.54) is 0 Å². The second-order valence-corrected chi connectivity index (χ2v) is 4.89. The molecule has 0 bridgehead atoms. The summed E-state index contributed by atoms with van der Waals surface area (Å²) >= 11 is 0. The van der Waals surface area contributed by atoms with Crippen molar-refractivity contribution in [2.75, 3.05) is 19.7 Å². The van der Waals surface area contributed by atoms with Crippen LogP contribution in [-0.4, -0.2) is 42.7 Å². The fourth-order valence-corrected chi connectivity index (χ4v) is 2.24. The average molecular weight is 422 g/mol. The first-order valence-electron chi connectivity index (χ1n) is 7.19. The number of piperidine rings is 1. The number of furan rings is 1. The van der Waals surface area contributed by atoms with Crippen molar-refractivity contribution in [2.45, 2.75) is 32.4 Å². The Bertz CT molecular complexity index is 470. The molecule has 0 aromatic carbocycles. The van der Waals surface area contributed by atoms with Crippen LogP contribution in [0.5, 0.6) is 0 Å². The van der Waals surface area contributed by atoms with Crippen LogP contribution in [0.15, 0.2) is 27.8 Å². The topological polar surface area (TPSA) is 93.1 Å². The number of ether oxygens (including phenoxy) is 1. The predicted molar refractivity (Wildman–Crippen MR) is 94.2 cm³/mol. The zero-order chi connectivity index (χ0) is 15.1. The van der Waals surface area contributed by atoms with Gasteiger partial charge in [0.15, 0.2) is 5.96 Å². The molecule has 1 aromatic rings. The molecule has 1 amide bonds. The third kappa shape index (κ3) is 5.74. The van der Waals surface area contributed by atoms with E-state index in [1.54, 1.807) is 11.2 Å². The van der Waals surface area contributed by atoms with Crippen LogP contribution in [0.25, 0.3) is 0 Å². The molecule has 22 heavy (non-hydrogen) atoms. The summed E-state index contributed by atoms with van der Waals surface area (Å²) in [4.78, 5) is 17.5. The quantitative estimate of drug-likeness (QED) is 0.440. The Morgan fingerprint density at radius 3 is 2.86 bits per heavy atom. The first kappa shape index (κ1) is 18.6.